The van der Waals surface area contributed by atoms with Crippen LogP contribution in [0.15, 0.2) is 109 Å². The number of nitrogens with zero attached hydrogens (tertiary/aromatic N) is 5. The van der Waals surface area contributed by atoms with E-state index >= 15 is 0 Å². The third-order valence-electron chi connectivity index (χ3n) is 6.16. The molecule has 37 heavy (non-hydrogen) atoms. The highest BCUT2D eigenvalue weighted by atomic mass is 79.9. The van der Waals surface area contributed by atoms with Gasteiger partial charge in [0.05, 0.1) is 0 Å². The second-order valence-corrected chi connectivity index (χ2v) is 9.79. The van der Waals surface area contributed by atoms with E-state index < -0.39 is 0 Å². The Bertz CT molecular complexity index is 1640. The average Bonchev–Trinajstić information content (AvgIpc) is 3.53. The molecule has 0 fully saturated rings. The van der Waals surface area contributed by atoms with Crippen LogP contribution in [0.25, 0.3) is 44.5 Å². The summed E-state index contributed by atoms with van der Waals surface area (Å²) in [4.78, 5) is 9.59. The Labute approximate surface area is 230 Å². The van der Waals surface area contributed by atoms with Gasteiger partial charge in [0.1, 0.15) is 11.4 Å². The van der Waals surface area contributed by atoms with Crippen LogP contribution in [0.3, 0.4) is 0 Å². The van der Waals surface area contributed by atoms with E-state index in [1.165, 1.54) is 0 Å². The fourth-order valence-corrected chi connectivity index (χ4v) is 4.99. The summed E-state index contributed by atoms with van der Waals surface area (Å²) in [6, 6.07) is 37.4. The van der Waals surface area contributed by atoms with Gasteiger partial charge < -0.3 is 17.0 Å². The third kappa shape index (κ3) is 5.01. The SMILES string of the molecule is Cc1nc(-[n+]2nc(-c3cccc(-c4ccccc4)c3)nn2-c2cccc(-c3ccccc3)c2)sc1C.[Br-]. The lowest BCUT2D eigenvalue weighted by Gasteiger charge is -2.04. The molecule has 0 aliphatic carbocycles. The molecule has 0 amide bonds. The smallest absolute Gasteiger partial charge is 0.364 e. The highest BCUT2D eigenvalue weighted by molar-refractivity contribution is 7.13. The number of thiazole rings is 1. The molecule has 0 N–H and O–H groups in total. The van der Waals surface area contributed by atoms with Crippen molar-refractivity contribution in [2.45, 2.75) is 13.8 Å². The molecule has 0 saturated carbocycles. The third-order valence-corrected chi connectivity index (χ3v) is 7.20. The van der Waals surface area contributed by atoms with Crippen LogP contribution in [0.5, 0.6) is 0 Å². The van der Waals surface area contributed by atoms with Crippen molar-refractivity contribution < 1.29 is 21.8 Å². The Morgan fingerprint density at radius 1 is 0.649 bits per heavy atom. The molecule has 6 rings (SSSR count). The van der Waals surface area contributed by atoms with E-state index in [0.29, 0.717) is 5.82 Å². The van der Waals surface area contributed by atoms with Gasteiger partial charge in [-0.3, -0.25) is 0 Å². The molecule has 0 saturated heterocycles. The summed E-state index contributed by atoms with van der Waals surface area (Å²) in [6.45, 7) is 4.11. The molecular weight excluding hydrogens is 542 g/mol. The lowest BCUT2D eigenvalue weighted by Crippen LogP contribution is -3.00. The van der Waals surface area contributed by atoms with Crippen molar-refractivity contribution >= 4 is 11.3 Å². The lowest BCUT2D eigenvalue weighted by atomic mass is 10.0. The lowest BCUT2D eigenvalue weighted by molar-refractivity contribution is -0.734. The number of rotatable bonds is 5. The standard InChI is InChI=1S/C30H24N5S.BrH/c1-21-22(2)36-30(31-21)35-33-29(27-17-9-15-25(19-27)23-11-5-3-6-12-23)32-34(35)28-18-10-16-26(20-28)24-13-7-4-8-14-24;/h3-20H,1-2H3;1H/q+1;/p-1. The van der Waals surface area contributed by atoms with Crippen LogP contribution in [0, 0.1) is 13.8 Å². The normalized spacial score (nSPS) is 10.8. The Morgan fingerprint density at radius 3 is 1.84 bits per heavy atom. The van der Waals surface area contributed by atoms with Crippen molar-refractivity contribution in [2.75, 3.05) is 0 Å². The number of aryl methyl sites for hydroxylation is 2. The molecule has 0 aliphatic rings. The van der Waals surface area contributed by atoms with Gasteiger partial charge in [-0.2, -0.15) is 0 Å². The largest absolute Gasteiger partial charge is 1.00 e. The molecule has 0 atom stereocenters. The Balaban J connectivity index is 0.00000280. The van der Waals surface area contributed by atoms with Crippen LogP contribution >= 0.6 is 11.3 Å². The summed E-state index contributed by atoms with van der Waals surface area (Å²) in [6.07, 6.45) is 0. The maximum Gasteiger partial charge on any atom is 0.364 e. The number of hydrogen-bond donors (Lipinski definition) is 0. The number of tetrazole rings is 1. The molecule has 0 spiro atoms. The molecule has 6 aromatic rings. The van der Waals surface area contributed by atoms with Gasteiger partial charge in [0.15, 0.2) is 0 Å². The molecule has 7 heteroatoms. The summed E-state index contributed by atoms with van der Waals surface area (Å²) in [5.41, 5.74) is 7.43. The zero-order valence-corrected chi connectivity index (χ0v) is 22.8. The fraction of sp³-hybridized carbons (Fsp3) is 0.0667. The first-order valence-electron chi connectivity index (χ1n) is 11.8. The minimum absolute atomic E-state index is 0. The fourth-order valence-electron chi connectivity index (χ4n) is 4.14. The van der Waals surface area contributed by atoms with Gasteiger partial charge >= 0.3 is 5.13 Å². The van der Waals surface area contributed by atoms with E-state index in [0.717, 1.165) is 49.2 Å². The zero-order valence-electron chi connectivity index (χ0n) is 20.4. The van der Waals surface area contributed by atoms with Gasteiger partial charge in [-0.05, 0) is 75.1 Å². The Hall–Kier alpha value is -3.94. The minimum atomic E-state index is 0. The second kappa shape index (κ2) is 10.6. The zero-order chi connectivity index (χ0) is 24.5. The van der Waals surface area contributed by atoms with E-state index in [1.54, 1.807) is 16.1 Å². The molecule has 2 heterocycles. The predicted molar refractivity (Wildman–Crippen MR) is 144 cm³/mol. The van der Waals surface area contributed by atoms with Crippen LogP contribution in [0.2, 0.25) is 0 Å². The maximum absolute atomic E-state index is 4.97. The van der Waals surface area contributed by atoms with Crippen LogP contribution in [0.1, 0.15) is 10.6 Å². The minimum Gasteiger partial charge on any atom is -1.00 e. The summed E-state index contributed by atoms with van der Waals surface area (Å²) in [5, 5.41) is 10.7. The molecular formula is C30H24BrN5S. The highest BCUT2D eigenvalue weighted by Gasteiger charge is 2.25. The van der Waals surface area contributed by atoms with Gasteiger partial charge in [0, 0.05) is 15.5 Å². The first kappa shape index (κ1) is 24.7. The molecule has 5 nitrogen and oxygen atoms in total. The van der Waals surface area contributed by atoms with Crippen LogP contribution in [-0.4, -0.2) is 20.0 Å². The summed E-state index contributed by atoms with van der Waals surface area (Å²) >= 11 is 1.61. The number of hydrogen-bond acceptors (Lipinski definition) is 4. The number of halogens is 1. The average molecular weight is 567 g/mol. The molecule has 182 valence electrons. The van der Waals surface area contributed by atoms with Crippen LogP contribution in [0.4, 0.5) is 0 Å². The topological polar surface area (TPSA) is 47.5 Å². The molecule has 2 aromatic heterocycles. The molecule has 0 aliphatic heterocycles. The predicted octanol–water partition coefficient (Wildman–Crippen LogP) is 3.62. The first-order valence-corrected chi connectivity index (χ1v) is 12.6. The summed E-state index contributed by atoms with van der Waals surface area (Å²) in [7, 11) is 0. The van der Waals surface area contributed by atoms with E-state index in [4.69, 9.17) is 15.2 Å². The Morgan fingerprint density at radius 2 is 1.22 bits per heavy atom. The highest BCUT2D eigenvalue weighted by Crippen LogP contribution is 2.26. The monoisotopic (exact) mass is 565 g/mol. The second-order valence-electron chi connectivity index (χ2n) is 8.60. The van der Waals surface area contributed by atoms with E-state index in [-0.39, 0.29) is 17.0 Å². The van der Waals surface area contributed by atoms with Crippen LogP contribution in [-0.2, 0) is 0 Å². The van der Waals surface area contributed by atoms with Gasteiger partial charge in [-0.1, -0.05) is 101 Å². The summed E-state index contributed by atoms with van der Waals surface area (Å²) < 4.78 is 0. The van der Waals surface area contributed by atoms with E-state index in [2.05, 4.69) is 104 Å². The number of aromatic nitrogens is 5. The van der Waals surface area contributed by atoms with Gasteiger partial charge in [-0.25, -0.2) is 0 Å². The van der Waals surface area contributed by atoms with Gasteiger partial charge in [0.2, 0.25) is 0 Å². The molecule has 0 bridgehead atoms. The van der Waals surface area contributed by atoms with Crippen molar-refractivity contribution in [2.24, 2.45) is 0 Å². The molecule has 0 unspecified atom stereocenters. The van der Waals surface area contributed by atoms with Crippen molar-refractivity contribution in [3.63, 3.8) is 0 Å². The van der Waals surface area contributed by atoms with Crippen molar-refractivity contribution in [3.05, 3.63) is 120 Å². The summed E-state index contributed by atoms with van der Waals surface area (Å²) in [5.74, 6) is 0.642. The van der Waals surface area contributed by atoms with Crippen molar-refractivity contribution in [3.8, 4) is 44.5 Å². The quantitative estimate of drug-likeness (QED) is 0.300. The molecule has 0 radical (unpaired) electrons. The van der Waals surface area contributed by atoms with E-state index in [9.17, 15) is 0 Å². The maximum atomic E-state index is 4.97. The molecule has 4 aromatic carbocycles. The van der Waals surface area contributed by atoms with Crippen molar-refractivity contribution in [1.29, 1.82) is 0 Å². The van der Waals surface area contributed by atoms with Crippen LogP contribution < -0.4 is 21.8 Å². The first-order chi connectivity index (χ1) is 17.7. The number of benzene rings is 4. The van der Waals surface area contributed by atoms with E-state index in [1.807, 2.05) is 23.9 Å². The Kier molecular flexibility index (Phi) is 7.08. The van der Waals surface area contributed by atoms with Gasteiger partial charge in [-0.15, -0.1) is 0 Å². The van der Waals surface area contributed by atoms with Crippen molar-refractivity contribution in [1.82, 2.24) is 20.0 Å². The van der Waals surface area contributed by atoms with Gasteiger partial charge in [0.25, 0.3) is 5.82 Å².